The normalized spacial score (nSPS) is 11.4. The fraction of sp³-hybridized carbons (Fsp3) is 0. The number of rotatable bonds is 2. The van der Waals surface area contributed by atoms with Crippen LogP contribution in [0.15, 0.2) is 61.2 Å². The van der Waals surface area contributed by atoms with Gasteiger partial charge in [-0.05, 0) is 36.4 Å². The molecule has 4 aromatic heterocycles. The third-order valence-electron chi connectivity index (χ3n) is 3.87. The average molecular weight is 331 g/mol. The van der Waals surface area contributed by atoms with Gasteiger partial charge in [0.25, 0.3) is 0 Å². The Balaban J connectivity index is 1.71. The number of hydrogen-bond acceptors (Lipinski definition) is 5. The first-order valence-electron chi connectivity index (χ1n) is 7.56. The zero-order chi connectivity index (χ0) is 16.8. The summed E-state index contributed by atoms with van der Waals surface area (Å²) < 4.78 is 16.4. The Hall–Kier alpha value is -3.68. The molecule has 7 nitrogen and oxygen atoms in total. The van der Waals surface area contributed by atoms with Crippen molar-refractivity contribution in [3.63, 3.8) is 0 Å². The number of nitrogens with zero attached hydrogens (tertiary/aromatic N) is 7. The van der Waals surface area contributed by atoms with E-state index in [4.69, 9.17) is 0 Å². The van der Waals surface area contributed by atoms with Crippen LogP contribution in [0.1, 0.15) is 0 Å². The van der Waals surface area contributed by atoms with Crippen LogP contribution in [-0.4, -0.2) is 34.3 Å². The summed E-state index contributed by atoms with van der Waals surface area (Å²) >= 11 is 0. The number of pyridine rings is 1. The van der Waals surface area contributed by atoms with Gasteiger partial charge in [-0.15, -0.1) is 5.10 Å². The number of benzene rings is 1. The number of aromatic nitrogens is 7. The Morgan fingerprint density at radius 2 is 1.80 bits per heavy atom. The third kappa shape index (κ3) is 2.15. The van der Waals surface area contributed by atoms with Crippen molar-refractivity contribution in [1.82, 2.24) is 34.3 Å². The van der Waals surface area contributed by atoms with Gasteiger partial charge in [-0.2, -0.15) is 5.10 Å². The van der Waals surface area contributed by atoms with Gasteiger partial charge in [0.05, 0.1) is 17.3 Å². The molecule has 0 fully saturated rings. The van der Waals surface area contributed by atoms with Crippen LogP contribution in [0.3, 0.4) is 0 Å². The van der Waals surface area contributed by atoms with E-state index >= 15 is 0 Å². The highest BCUT2D eigenvalue weighted by molar-refractivity contribution is 5.89. The molecule has 120 valence electrons. The van der Waals surface area contributed by atoms with Gasteiger partial charge in [0.1, 0.15) is 17.8 Å². The van der Waals surface area contributed by atoms with Crippen molar-refractivity contribution in [1.29, 1.82) is 0 Å². The Bertz CT molecular complexity index is 1190. The molecule has 0 aliphatic carbocycles. The lowest BCUT2D eigenvalue weighted by Gasteiger charge is -2.02. The van der Waals surface area contributed by atoms with E-state index in [2.05, 4.69) is 25.1 Å². The minimum Gasteiger partial charge on any atom is -0.253 e. The third-order valence-corrected chi connectivity index (χ3v) is 3.87. The summed E-state index contributed by atoms with van der Waals surface area (Å²) in [6, 6.07) is 11.6. The minimum atomic E-state index is -0.298. The van der Waals surface area contributed by atoms with Gasteiger partial charge in [-0.1, -0.05) is 6.07 Å². The molecule has 4 heterocycles. The monoisotopic (exact) mass is 331 g/mol. The second kappa shape index (κ2) is 5.17. The van der Waals surface area contributed by atoms with Crippen LogP contribution in [0, 0.1) is 5.82 Å². The van der Waals surface area contributed by atoms with E-state index in [1.807, 2.05) is 18.2 Å². The van der Waals surface area contributed by atoms with E-state index < -0.39 is 0 Å². The van der Waals surface area contributed by atoms with Crippen LogP contribution >= 0.6 is 0 Å². The van der Waals surface area contributed by atoms with Gasteiger partial charge in [-0.3, -0.25) is 4.98 Å². The fourth-order valence-corrected chi connectivity index (χ4v) is 2.70. The Morgan fingerprint density at radius 3 is 2.60 bits per heavy atom. The SMILES string of the molecule is Fc1ccc(-n2ncc3c2ncn2nc(-c4ccccn4)nc32)cc1. The summed E-state index contributed by atoms with van der Waals surface area (Å²) in [5.74, 6) is 0.220. The van der Waals surface area contributed by atoms with E-state index in [-0.39, 0.29) is 5.82 Å². The first-order valence-corrected chi connectivity index (χ1v) is 7.56. The largest absolute Gasteiger partial charge is 0.253 e. The quantitative estimate of drug-likeness (QED) is 0.497. The summed E-state index contributed by atoms with van der Waals surface area (Å²) in [4.78, 5) is 13.3. The topological polar surface area (TPSA) is 73.8 Å². The summed E-state index contributed by atoms with van der Waals surface area (Å²) in [5, 5.41) is 9.53. The first-order chi connectivity index (χ1) is 12.3. The van der Waals surface area contributed by atoms with Gasteiger partial charge < -0.3 is 0 Å². The standard InChI is InChI=1S/C17H10FN7/c18-11-4-6-12(7-5-11)25-16-13(9-21-25)17-22-15(23-24(17)10-20-16)14-3-1-2-8-19-14/h1-10H. The predicted octanol–water partition coefficient (Wildman–Crippen LogP) is 2.66. The number of halogens is 1. The molecular weight excluding hydrogens is 321 g/mol. The minimum absolute atomic E-state index is 0.298. The van der Waals surface area contributed by atoms with E-state index in [1.165, 1.54) is 12.1 Å². The highest BCUT2D eigenvalue weighted by atomic mass is 19.1. The van der Waals surface area contributed by atoms with Crippen molar-refractivity contribution in [2.75, 3.05) is 0 Å². The number of fused-ring (bicyclic) bond motifs is 3. The van der Waals surface area contributed by atoms with Crippen molar-refractivity contribution in [3.05, 3.63) is 67.0 Å². The van der Waals surface area contributed by atoms with Crippen molar-refractivity contribution >= 4 is 16.7 Å². The molecule has 0 unspecified atom stereocenters. The lowest BCUT2D eigenvalue weighted by atomic mass is 10.3. The molecule has 0 saturated heterocycles. The molecular formula is C17H10FN7. The zero-order valence-electron chi connectivity index (χ0n) is 12.8. The second-order valence-corrected chi connectivity index (χ2v) is 5.43. The maximum Gasteiger partial charge on any atom is 0.200 e. The molecule has 8 heteroatoms. The summed E-state index contributed by atoms with van der Waals surface area (Å²) in [6.07, 6.45) is 4.96. The summed E-state index contributed by atoms with van der Waals surface area (Å²) in [6.45, 7) is 0. The van der Waals surface area contributed by atoms with Crippen LogP contribution < -0.4 is 0 Å². The summed E-state index contributed by atoms with van der Waals surface area (Å²) in [5.41, 5.74) is 2.67. The molecule has 5 rings (SSSR count). The van der Waals surface area contributed by atoms with Crippen LogP contribution in [0.25, 0.3) is 33.9 Å². The van der Waals surface area contributed by atoms with Crippen molar-refractivity contribution in [2.45, 2.75) is 0 Å². The maximum absolute atomic E-state index is 13.1. The van der Waals surface area contributed by atoms with Gasteiger partial charge in [0, 0.05) is 6.20 Å². The van der Waals surface area contributed by atoms with E-state index in [1.54, 1.807) is 40.1 Å². The smallest absolute Gasteiger partial charge is 0.200 e. The Kier molecular flexibility index (Phi) is 2.84. The van der Waals surface area contributed by atoms with Gasteiger partial charge in [0.2, 0.25) is 5.82 Å². The maximum atomic E-state index is 13.1. The highest BCUT2D eigenvalue weighted by Gasteiger charge is 2.14. The average Bonchev–Trinajstić information content (AvgIpc) is 3.27. The predicted molar refractivity (Wildman–Crippen MR) is 88.6 cm³/mol. The Morgan fingerprint density at radius 1 is 0.920 bits per heavy atom. The van der Waals surface area contributed by atoms with Gasteiger partial charge in [0.15, 0.2) is 11.3 Å². The summed E-state index contributed by atoms with van der Waals surface area (Å²) in [7, 11) is 0. The fourth-order valence-electron chi connectivity index (χ4n) is 2.70. The lowest BCUT2D eigenvalue weighted by molar-refractivity contribution is 0.627. The number of hydrogen-bond donors (Lipinski definition) is 0. The highest BCUT2D eigenvalue weighted by Crippen LogP contribution is 2.21. The second-order valence-electron chi connectivity index (χ2n) is 5.43. The van der Waals surface area contributed by atoms with Gasteiger partial charge in [-0.25, -0.2) is 23.6 Å². The first kappa shape index (κ1) is 13.7. The van der Waals surface area contributed by atoms with Crippen molar-refractivity contribution in [3.8, 4) is 17.2 Å². The zero-order valence-corrected chi connectivity index (χ0v) is 12.8. The van der Waals surface area contributed by atoms with Crippen LogP contribution in [0.2, 0.25) is 0 Å². The molecule has 0 atom stereocenters. The van der Waals surface area contributed by atoms with Crippen molar-refractivity contribution < 1.29 is 4.39 Å². The molecule has 1 aromatic carbocycles. The van der Waals surface area contributed by atoms with Gasteiger partial charge >= 0.3 is 0 Å². The van der Waals surface area contributed by atoms with Crippen LogP contribution in [-0.2, 0) is 0 Å². The molecule has 0 bridgehead atoms. The molecule has 0 aliphatic heterocycles. The lowest BCUT2D eigenvalue weighted by Crippen LogP contribution is -1.99. The molecule has 25 heavy (non-hydrogen) atoms. The molecule has 0 aliphatic rings. The molecule has 0 spiro atoms. The van der Waals surface area contributed by atoms with Crippen LogP contribution in [0.4, 0.5) is 4.39 Å². The van der Waals surface area contributed by atoms with Crippen LogP contribution in [0.5, 0.6) is 0 Å². The molecule has 0 saturated carbocycles. The molecule has 0 radical (unpaired) electrons. The Labute approximate surface area is 140 Å². The molecule has 0 N–H and O–H groups in total. The van der Waals surface area contributed by atoms with E-state index in [0.717, 1.165) is 11.1 Å². The molecule has 0 amide bonds. The van der Waals surface area contributed by atoms with E-state index in [0.29, 0.717) is 22.8 Å². The van der Waals surface area contributed by atoms with E-state index in [9.17, 15) is 4.39 Å². The molecule has 5 aromatic rings. The van der Waals surface area contributed by atoms with Crippen molar-refractivity contribution in [2.24, 2.45) is 0 Å².